The second-order valence-corrected chi connectivity index (χ2v) is 9.66. The molecule has 1 fully saturated rings. The number of ether oxygens (including phenoxy) is 1. The molecule has 1 aromatic carbocycles. The molecule has 1 heterocycles. The summed E-state index contributed by atoms with van der Waals surface area (Å²) < 4.78 is 20.0. The standard InChI is InChI=1S/C19H31N4O4P/c1-14(2)21-28(26,22-15(3)4)23-12-8-11-17(18(23)24)20-19(25)27-13-16-9-6-5-7-10-16/h5-7,9-10,14-15,17H,8,11-13H2,1-4H3,(H,20,25)(H2,21,22,26)/t17-/m0/s1. The van der Waals surface area contributed by atoms with Crippen LogP contribution in [-0.2, 0) is 20.7 Å². The number of nitrogens with zero attached hydrogens (tertiary/aromatic N) is 1. The van der Waals surface area contributed by atoms with Gasteiger partial charge in [-0.1, -0.05) is 30.3 Å². The molecule has 2 rings (SSSR count). The van der Waals surface area contributed by atoms with Gasteiger partial charge >= 0.3 is 13.7 Å². The van der Waals surface area contributed by atoms with E-state index < -0.39 is 19.7 Å². The van der Waals surface area contributed by atoms with E-state index in [0.717, 1.165) is 5.56 Å². The number of carbonyl (C=O) groups is 2. The van der Waals surface area contributed by atoms with E-state index in [4.69, 9.17) is 4.74 Å². The van der Waals surface area contributed by atoms with Crippen LogP contribution in [0.5, 0.6) is 0 Å². The number of benzene rings is 1. The molecule has 1 saturated heterocycles. The lowest BCUT2D eigenvalue weighted by Crippen LogP contribution is -2.54. The summed E-state index contributed by atoms with van der Waals surface area (Å²) in [6.07, 6.45) is 0.463. The van der Waals surface area contributed by atoms with Gasteiger partial charge in [0.1, 0.15) is 12.6 Å². The molecule has 0 unspecified atom stereocenters. The summed E-state index contributed by atoms with van der Waals surface area (Å²) >= 11 is 0. The molecule has 0 spiro atoms. The predicted molar refractivity (Wildman–Crippen MR) is 109 cm³/mol. The Morgan fingerprint density at radius 3 is 2.36 bits per heavy atom. The number of alkyl carbamates (subject to hydrolysis) is 1. The average Bonchev–Trinajstić information content (AvgIpc) is 2.61. The first kappa shape index (κ1) is 22.4. The topological polar surface area (TPSA) is 99.8 Å². The lowest BCUT2D eigenvalue weighted by molar-refractivity contribution is -0.130. The molecule has 0 aromatic heterocycles. The molecule has 2 amide bonds. The van der Waals surface area contributed by atoms with E-state index in [0.29, 0.717) is 19.4 Å². The molecule has 28 heavy (non-hydrogen) atoms. The van der Waals surface area contributed by atoms with Crippen molar-refractivity contribution in [2.75, 3.05) is 6.54 Å². The second kappa shape index (κ2) is 10.0. The van der Waals surface area contributed by atoms with Crippen LogP contribution >= 0.6 is 7.59 Å². The lowest BCUT2D eigenvalue weighted by atomic mass is 10.1. The van der Waals surface area contributed by atoms with Crippen LogP contribution in [0.15, 0.2) is 30.3 Å². The van der Waals surface area contributed by atoms with E-state index in [1.807, 2.05) is 58.0 Å². The summed E-state index contributed by atoms with van der Waals surface area (Å²) in [5.74, 6) is -0.368. The molecule has 9 heteroatoms. The van der Waals surface area contributed by atoms with Crippen molar-refractivity contribution in [3.8, 4) is 0 Å². The van der Waals surface area contributed by atoms with Gasteiger partial charge < -0.3 is 10.1 Å². The Hall–Kier alpha value is -1.89. The van der Waals surface area contributed by atoms with Crippen molar-refractivity contribution in [1.82, 2.24) is 20.2 Å². The summed E-state index contributed by atoms with van der Waals surface area (Å²) in [5.41, 5.74) is 0.862. The largest absolute Gasteiger partial charge is 0.445 e. The molecule has 1 aliphatic rings. The molecule has 1 atom stereocenters. The van der Waals surface area contributed by atoms with Crippen molar-refractivity contribution < 1.29 is 18.9 Å². The van der Waals surface area contributed by atoms with E-state index >= 15 is 0 Å². The van der Waals surface area contributed by atoms with Crippen molar-refractivity contribution in [3.05, 3.63) is 35.9 Å². The second-order valence-electron chi connectivity index (χ2n) is 7.51. The van der Waals surface area contributed by atoms with Crippen LogP contribution in [0.1, 0.15) is 46.1 Å². The first-order valence-electron chi connectivity index (χ1n) is 9.66. The minimum Gasteiger partial charge on any atom is -0.445 e. The van der Waals surface area contributed by atoms with E-state index in [-0.39, 0.29) is 24.6 Å². The van der Waals surface area contributed by atoms with E-state index in [1.54, 1.807) is 0 Å². The highest BCUT2D eigenvalue weighted by atomic mass is 31.2. The van der Waals surface area contributed by atoms with Crippen LogP contribution in [-0.4, -0.2) is 41.3 Å². The summed E-state index contributed by atoms with van der Waals surface area (Å²) in [4.78, 5) is 25.1. The van der Waals surface area contributed by atoms with Gasteiger partial charge in [0.25, 0.3) is 5.91 Å². The fraction of sp³-hybridized carbons (Fsp3) is 0.579. The van der Waals surface area contributed by atoms with Crippen LogP contribution in [0.4, 0.5) is 4.79 Å². The third-order valence-electron chi connectivity index (χ3n) is 4.13. The first-order valence-corrected chi connectivity index (χ1v) is 11.3. The van der Waals surface area contributed by atoms with Crippen molar-refractivity contribution in [2.24, 2.45) is 0 Å². The zero-order valence-electron chi connectivity index (χ0n) is 17.0. The van der Waals surface area contributed by atoms with Gasteiger partial charge in [0.15, 0.2) is 0 Å². The average molecular weight is 410 g/mol. The van der Waals surface area contributed by atoms with Crippen LogP contribution in [0.3, 0.4) is 0 Å². The Balaban J connectivity index is 2.01. The monoisotopic (exact) mass is 410 g/mol. The van der Waals surface area contributed by atoms with Gasteiger partial charge in [0, 0.05) is 18.6 Å². The lowest BCUT2D eigenvalue weighted by Gasteiger charge is -2.39. The zero-order valence-corrected chi connectivity index (χ0v) is 17.9. The van der Waals surface area contributed by atoms with Crippen molar-refractivity contribution in [1.29, 1.82) is 0 Å². The Morgan fingerprint density at radius 1 is 1.18 bits per heavy atom. The third kappa shape index (κ3) is 6.33. The molecule has 0 saturated carbocycles. The maximum absolute atomic E-state index is 13.5. The van der Waals surface area contributed by atoms with Crippen molar-refractivity contribution in [2.45, 2.75) is 65.3 Å². The Kier molecular flexibility index (Phi) is 8.04. The molecule has 0 bridgehead atoms. The molecular formula is C19H31N4O4P. The SMILES string of the molecule is CC(C)NP(=O)(NC(C)C)N1CCC[C@H](NC(=O)OCc2ccccc2)C1=O. The van der Waals surface area contributed by atoms with Crippen LogP contribution < -0.4 is 15.5 Å². The van der Waals surface area contributed by atoms with E-state index in [9.17, 15) is 14.2 Å². The van der Waals surface area contributed by atoms with Crippen molar-refractivity contribution in [3.63, 3.8) is 0 Å². The Bertz CT molecular complexity index is 697. The molecule has 0 aliphatic carbocycles. The highest BCUT2D eigenvalue weighted by Gasteiger charge is 2.41. The van der Waals surface area contributed by atoms with Gasteiger partial charge in [-0.2, -0.15) is 0 Å². The maximum Gasteiger partial charge on any atom is 0.408 e. The van der Waals surface area contributed by atoms with Crippen LogP contribution in [0, 0.1) is 0 Å². The number of rotatable bonds is 8. The van der Waals surface area contributed by atoms with Crippen LogP contribution in [0.2, 0.25) is 0 Å². The van der Waals surface area contributed by atoms with Crippen LogP contribution in [0.25, 0.3) is 0 Å². The molecule has 0 radical (unpaired) electrons. The number of piperidine rings is 1. The van der Waals surface area contributed by atoms with Gasteiger partial charge in [0.2, 0.25) is 0 Å². The number of nitrogens with one attached hydrogen (secondary N) is 3. The summed E-state index contributed by atoms with van der Waals surface area (Å²) in [5, 5.41) is 8.65. The fourth-order valence-electron chi connectivity index (χ4n) is 3.06. The Morgan fingerprint density at radius 2 is 1.79 bits per heavy atom. The number of amides is 2. The minimum atomic E-state index is -3.32. The van der Waals surface area contributed by atoms with Crippen molar-refractivity contribution >= 4 is 19.6 Å². The smallest absolute Gasteiger partial charge is 0.408 e. The first-order chi connectivity index (χ1) is 13.2. The Labute approximate surface area is 166 Å². The number of carbonyl (C=O) groups excluding carboxylic acids is 2. The fourth-order valence-corrected chi connectivity index (χ4v) is 5.65. The molecular weight excluding hydrogens is 379 g/mol. The van der Waals surface area contributed by atoms with Gasteiger partial charge in [-0.25, -0.2) is 15.0 Å². The summed E-state index contributed by atoms with van der Waals surface area (Å²) in [7, 11) is -3.32. The summed E-state index contributed by atoms with van der Waals surface area (Å²) in [6.45, 7) is 7.99. The molecule has 1 aromatic rings. The maximum atomic E-state index is 13.5. The van der Waals surface area contributed by atoms with E-state index in [2.05, 4.69) is 15.5 Å². The zero-order chi connectivity index (χ0) is 20.7. The minimum absolute atomic E-state index is 0.0749. The molecule has 156 valence electrons. The number of hydrogen-bond donors (Lipinski definition) is 3. The molecule has 8 nitrogen and oxygen atoms in total. The van der Waals surface area contributed by atoms with E-state index in [1.165, 1.54) is 4.67 Å². The highest BCUT2D eigenvalue weighted by molar-refractivity contribution is 7.58. The van der Waals surface area contributed by atoms with Gasteiger partial charge in [-0.05, 0) is 46.1 Å². The highest BCUT2D eigenvalue weighted by Crippen LogP contribution is 2.44. The predicted octanol–water partition coefficient (Wildman–Crippen LogP) is 3.01. The van der Waals surface area contributed by atoms with Gasteiger partial charge in [0.05, 0.1) is 0 Å². The quantitative estimate of drug-likeness (QED) is 0.570. The third-order valence-corrected chi connectivity index (χ3v) is 6.94. The van der Waals surface area contributed by atoms with Gasteiger partial charge in [-0.15, -0.1) is 0 Å². The molecule has 1 aliphatic heterocycles. The normalized spacial score (nSPS) is 17.9. The molecule has 3 N–H and O–H groups in total. The number of hydrogen-bond acceptors (Lipinski definition) is 4. The summed E-state index contributed by atoms with van der Waals surface area (Å²) in [6, 6.07) is 8.41. The van der Waals surface area contributed by atoms with Gasteiger partial charge in [-0.3, -0.25) is 14.0 Å².